The second kappa shape index (κ2) is 5.24. The van der Waals surface area contributed by atoms with Gasteiger partial charge in [-0.2, -0.15) is 5.92 Å². The van der Waals surface area contributed by atoms with E-state index in [-0.39, 0.29) is 32.7 Å². The molecule has 2 fully saturated rings. The fourth-order valence-corrected chi connectivity index (χ4v) is 4.50. The fraction of sp³-hybridized carbons (Fsp3) is 0.909. The molecule has 0 amide bonds. The van der Waals surface area contributed by atoms with E-state index in [9.17, 15) is 8.76 Å². The van der Waals surface area contributed by atoms with Gasteiger partial charge in [0, 0.05) is 38.5 Å². The zero-order valence-electron chi connectivity index (χ0n) is 9.39. The zero-order chi connectivity index (χ0) is 10.5. The van der Waals surface area contributed by atoms with Crippen LogP contribution in [0.25, 0.3) is 0 Å². The summed E-state index contributed by atoms with van der Waals surface area (Å²) in [6, 6.07) is 0. The van der Waals surface area contributed by atoms with Gasteiger partial charge in [-0.3, -0.25) is 4.21 Å². The van der Waals surface area contributed by atoms with Gasteiger partial charge in [0.25, 0.3) is 0 Å². The van der Waals surface area contributed by atoms with Gasteiger partial charge in [-0.15, -0.1) is 0 Å². The Morgan fingerprint density at radius 3 is 2.33 bits per heavy atom. The molecule has 0 aromatic rings. The first-order chi connectivity index (χ1) is 6.52. The minimum absolute atomic E-state index is 0. The first-order valence-corrected chi connectivity index (χ1v) is 6.65. The molecule has 7 unspecified atom stereocenters. The van der Waals surface area contributed by atoms with Gasteiger partial charge >= 0.3 is 0 Å². The van der Waals surface area contributed by atoms with Gasteiger partial charge < -0.3 is 11.5 Å². The Labute approximate surface area is 120 Å². The van der Waals surface area contributed by atoms with Crippen molar-refractivity contribution in [1.82, 2.24) is 0 Å². The molecule has 2 nitrogen and oxygen atoms in total. The molecule has 0 spiro atoms. The van der Waals surface area contributed by atoms with Crippen LogP contribution in [0.2, 0.25) is 0 Å². The summed E-state index contributed by atoms with van der Waals surface area (Å²) in [6.45, 7) is 8.72. The summed E-state index contributed by atoms with van der Waals surface area (Å²) < 4.78 is 21.5. The van der Waals surface area contributed by atoms with Crippen LogP contribution in [-0.4, -0.2) is 14.5 Å². The molecule has 0 aromatic heterocycles. The van der Waals surface area contributed by atoms with Gasteiger partial charge in [0.1, 0.15) is 0 Å². The van der Waals surface area contributed by atoms with E-state index in [2.05, 4.69) is 20.8 Å². The Morgan fingerprint density at radius 1 is 1.33 bits per heavy atom. The van der Waals surface area contributed by atoms with Crippen LogP contribution in [0.4, 0.5) is 0 Å². The van der Waals surface area contributed by atoms with Gasteiger partial charge in [-0.05, 0) is 24.2 Å². The van der Waals surface area contributed by atoms with Crippen molar-refractivity contribution in [2.24, 2.45) is 35.5 Å². The van der Waals surface area contributed by atoms with Crippen molar-refractivity contribution in [1.29, 1.82) is 0 Å². The molecule has 7 atom stereocenters. The molecule has 0 aliphatic heterocycles. The molecule has 4 heteroatoms. The van der Waals surface area contributed by atoms with E-state index in [1.165, 1.54) is 6.42 Å². The smallest absolute Gasteiger partial charge is 0.0111 e. The van der Waals surface area contributed by atoms with Crippen molar-refractivity contribution in [3.63, 3.8) is 0 Å². The third-order valence-corrected chi connectivity index (χ3v) is 5.36. The summed E-state index contributed by atoms with van der Waals surface area (Å²) in [6.07, 6.45) is 1.21. The molecule has 1 radical (unpaired) electrons. The first-order valence-electron chi connectivity index (χ1n) is 5.41. The fourth-order valence-electron chi connectivity index (χ4n) is 3.69. The van der Waals surface area contributed by atoms with E-state index in [0.29, 0.717) is 35.3 Å². The Balaban J connectivity index is 0.00000112. The van der Waals surface area contributed by atoms with Crippen LogP contribution in [0, 0.1) is 42.4 Å². The van der Waals surface area contributed by atoms with E-state index in [1.807, 2.05) is 0 Å². The molecule has 2 bridgehead atoms. The number of rotatable bonds is 2. The molecule has 0 N–H and O–H groups in total. The van der Waals surface area contributed by atoms with Crippen LogP contribution in [-0.2, 0) is 43.8 Å². The average molecular weight is 303 g/mol. The number of hydrogen-bond acceptors (Lipinski definition) is 2. The molecular weight excluding hydrogens is 285 g/mol. The minimum Gasteiger partial charge on any atom is -0.772 e. The zero-order valence-corrected chi connectivity index (χ0v) is 13.0. The molecule has 85 valence electrons. The Morgan fingerprint density at radius 2 is 1.87 bits per heavy atom. The first kappa shape index (κ1) is 14.3. The third-order valence-electron chi connectivity index (χ3n) is 4.70. The van der Waals surface area contributed by atoms with E-state index in [0.717, 1.165) is 5.92 Å². The van der Waals surface area contributed by atoms with Gasteiger partial charge in [0.15, 0.2) is 0 Å². The second-order valence-corrected chi connectivity index (χ2v) is 6.02. The standard InChI is InChI=1S/C11H19O2S.Y/c1-6-7(2)10-4-9(6)8(3)11(10)5-14(12)13;/h6-11H,3-5H2,1-2H3,(H,12,13);/q-1;/p-1. The Hall–Kier alpha value is 1.21. The molecular formula is C11H18O2SY-2. The maximum absolute atomic E-state index is 10.7. The quantitative estimate of drug-likeness (QED) is 0.577. The van der Waals surface area contributed by atoms with Crippen LogP contribution < -0.4 is 0 Å². The van der Waals surface area contributed by atoms with Crippen molar-refractivity contribution < 1.29 is 41.5 Å². The van der Waals surface area contributed by atoms with Crippen molar-refractivity contribution >= 4 is 11.1 Å². The monoisotopic (exact) mass is 303 g/mol. The molecule has 2 aliphatic carbocycles. The predicted molar refractivity (Wildman–Crippen MR) is 56.0 cm³/mol. The summed E-state index contributed by atoms with van der Waals surface area (Å²) in [5.74, 6) is 3.71. The van der Waals surface area contributed by atoms with Gasteiger partial charge in [-0.1, -0.05) is 36.8 Å². The maximum atomic E-state index is 10.7. The molecule has 2 aliphatic rings. The Kier molecular flexibility index (Phi) is 4.99. The molecule has 0 heterocycles. The van der Waals surface area contributed by atoms with Crippen LogP contribution in [0.5, 0.6) is 0 Å². The van der Waals surface area contributed by atoms with Crippen LogP contribution in [0.1, 0.15) is 20.3 Å². The van der Waals surface area contributed by atoms with Crippen LogP contribution in [0.3, 0.4) is 0 Å². The molecule has 0 aromatic carbocycles. The van der Waals surface area contributed by atoms with Crippen molar-refractivity contribution in [3.8, 4) is 0 Å². The summed E-state index contributed by atoms with van der Waals surface area (Å²) in [5.41, 5.74) is 0. The second-order valence-electron chi connectivity index (χ2n) is 5.08. The summed E-state index contributed by atoms with van der Waals surface area (Å²) in [7, 11) is 0. The minimum atomic E-state index is -1.89. The molecule has 2 saturated carbocycles. The predicted octanol–water partition coefficient (Wildman–Crippen LogP) is 1.85. The topological polar surface area (TPSA) is 40.1 Å². The summed E-state index contributed by atoms with van der Waals surface area (Å²) in [5, 5.41) is 0. The molecule has 15 heavy (non-hydrogen) atoms. The normalized spacial score (nSPS) is 50.1. The number of fused-ring (bicyclic) bond motifs is 2. The van der Waals surface area contributed by atoms with E-state index >= 15 is 0 Å². The maximum Gasteiger partial charge on any atom is 0.0111 e. The summed E-state index contributed by atoms with van der Waals surface area (Å²) >= 11 is -1.89. The van der Waals surface area contributed by atoms with Crippen LogP contribution >= 0.6 is 0 Å². The van der Waals surface area contributed by atoms with Gasteiger partial charge in [-0.25, -0.2) is 0 Å². The van der Waals surface area contributed by atoms with Crippen LogP contribution in [0.15, 0.2) is 0 Å². The third kappa shape index (κ3) is 2.41. The van der Waals surface area contributed by atoms with E-state index in [1.54, 1.807) is 0 Å². The largest absolute Gasteiger partial charge is 0.772 e. The SMILES string of the molecule is [CH2-]C1C2CC(C(C)C2C)C1CS(=O)[O-].[Y]. The summed E-state index contributed by atoms with van der Waals surface area (Å²) in [4.78, 5) is 0. The Bertz CT molecular complexity index is 259. The number of hydrogen-bond donors (Lipinski definition) is 0. The van der Waals surface area contributed by atoms with E-state index in [4.69, 9.17) is 0 Å². The van der Waals surface area contributed by atoms with Gasteiger partial charge in [0.2, 0.25) is 0 Å². The molecule has 0 saturated heterocycles. The van der Waals surface area contributed by atoms with Crippen molar-refractivity contribution in [2.45, 2.75) is 20.3 Å². The van der Waals surface area contributed by atoms with E-state index < -0.39 is 11.1 Å². The average Bonchev–Trinajstić information content (AvgIpc) is 2.54. The van der Waals surface area contributed by atoms with Crippen molar-refractivity contribution in [2.75, 3.05) is 5.75 Å². The van der Waals surface area contributed by atoms with Crippen molar-refractivity contribution in [3.05, 3.63) is 6.92 Å². The molecule has 2 rings (SSSR count). The van der Waals surface area contributed by atoms with Gasteiger partial charge in [0.05, 0.1) is 0 Å².